The molecular formula is C29H34N4O3. The molecule has 0 bridgehead atoms. The third-order valence-corrected chi connectivity index (χ3v) is 8.93. The Bertz CT molecular complexity index is 1340. The minimum absolute atomic E-state index is 0.00418. The zero-order valence-electron chi connectivity index (χ0n) is 21.1. The maximum absolute atomic E-state index is 13.1. The summed E-state index contributed by atoms with van der Waals surface area (Å²) in [5.41, 5.74) is 7.23. The number of likely N-dealkylation sites (tertiary alicyclic amines) is 1. The van der Waals surface area contributed by atoms with Gasteiger partial charge in [-0.3, -0.25) is 9.59 Å². The highest BCUT2D eigenvalue weighted by Crippen LogP contribution is 2.49. The Balaban J connectivity index is 1.37. The number of carbonyl (C=O) groups excluding carboxylic acids is 1. The second-order valence-corrected chi connectivity index (χ2v) is 11.1. The molecule has 2 heterocycles. The number of aliphatic carboxylic acids is 1. The molecule has 1 amide bonds. The molecule has 188 valence electrons. The Kier molecular flexibility index (Phi) is 5.81. The van der Waals surface area contributed by atoms with Gasteiger partial charge in [0, 0.05) is 25.9 Å². The first-order valence-corrected chi connectivity index (χ1v) is 13.3. The van der Waals surface area contributed by atoms with E-state index in [1.54, 1.807) is 4.68 Å². The number of benzene rings is 2. The van der Waals surface area contributed by atoms with Crippen molar-refractivity contribution in [3.05, 3.63) is 58.1 Å². The smallest absolute Gasteiger partial charge is 0.304 e. The van der Waals surface area contributed by atoms with E-state index in [4.69, 9.17) is 0 Å². The molecule has 0 radical (unpaired) electrons. The van der Waals surface area contributed by atoms with E-state index in [2.05, 4.69) is 33.4 Å². The lowest BCUT2D eigenvalue weighted by atomic mass is 9.84. The number of aromatic nitrogens is 3. The average molecular weight is 487 g/mol. The van der Waals surface area contributed by atoms with Crippen molar-refractivity contribution in [3.63, 3.8) is 0 Å². The topological polar surface area (TPSA) is 88.3 Å². The molecule has 2 fully saturated rings. The number of hydrogen-bond acceptors (Lipinski definition) is 4. The summed E-state index contributed by atoms with van der Waals surface area (Å²) >= 11 is 0. The number of amides is 1. The van der Waals surface area contributed by atoms with E-state index in [1.807, 2.05) is 26.1 Å². The van der Waals surface area contributed by atoms with Crippen LogP contribution in [-0.2, 0) is 23.1 Å². The predicted octanol–water partition coefficient (Wildman–Crippen LogP) is 4.91. The summed E-state index contributed by atoms with van der Waals surface area (Å²) in [5.74, 6) is 0.114. The third kappa shape index (κ3) is 3.89. The Morgan fingerprint density at radius 2 is 1.94 bits per heavy atom. The molecule has 7 heteroatoms. The van der Waals surface area contributed by atoms with Gasteiger partial charge in [-0.1, -0.05) is 48.7 Å². The monoisotopic (exact) mass is 486 g/mol. The molecule has 1 saturated heterocycles. The van der Waals surface area contributed by atoms with E-state index in [1.165, 1.54) is 43.2 Å². The quantitative estimate of drug-likeness (QED) is 0.535. The molecule has 2 aliphatic carbocycles. The average Bonchev–Trinajstić information content (AvgIpc) is 3.51. The van der Waals surface area contributed by atoms with Crippen LogP contribution in [0.25, 0.3) is 11.0 Å². The molecule has 36 heavy (non-hydrogen) atoms. The van der Waals surface area contributed by atoms with Gasteiger partial charge in [0.1, 0.15) is 5.52 Å². The van der Waals surface area contributed by atoms with Crippen LogP contribution < -0.4 is 0 Å². The van der Waals surface area contributed by atoms with Gasteiger partial charge in [-0.15, -0.1) is 5.10 Å². The largest absolute Gasteiger partial charge is 0.481 e. The van der Waals surface area contributed by atoms with E-state index < -0.39 is 5.97 Å². The summed E-state index contributed by atoms with van der Waals surface area (Å²) in [7, 11) is 1.86. The molecule has 0 spiro atoms. The number of hydrogen-bond donors (Lipinski definition) is 1. The van der Waals surface area contributed by atoms with Crippen LogP contribution in [-0.4, -0.2) is 43.4 Å². The van der Waals surface area contributed by atoms with E-state index >= 15 is 0 Å². The van der Waals surface area contributed by atoms with Crippen molar-refractivity contribution in [2.75, 3.05) is 6.54 Å². The zero-order valence-corrected chi connectivity index (χ0v) is 21.1. The molecule has 1 N–H and O–H groups in total. The van der Waals surface area contributed by atoms with Crippen LogP contribution in [0.3, 0.4) is 0 Å². The fourth-order valence-corrected chi connectivity index (χ4v) is 7.11. The summed E-state index contributed by atoms with van der Waals surface area (Å²) in [4.78, 5) is 27.2. The molecule has 7 nitrogen and oxygen atoms in total. The molecule has 1 aliphatic heterocycles. The predicted molar refractivity (Wildman–Crippen MR) is 137 cm³/mol. The van der Waals surface area contributed by atoms with Gasteiger partial charge in [-0.25, -0.2) is 4.68 Å². The van der Waals surface area contributed by atoms with E-state index in [0.29, 0.717) is 18.3 Å². The van der Waals surface area contributed by atoms with Gasteiger partial charge in [0.05, 0.1) is 18.0 Å². The van der Waals surface area contributed by atoms with Gasteiger partial charge < -0.3 is 10.0 Å². The summed E-state index contributed by atoms with van der Waals surface area (Å²) in [5, 5.41) is 18.3. The Morgan fingerprint density at radius 3 is 2.72 bits per heavy atom. The molecular weight excluding hydrogens is 452 g/mol. The maximum Gasteiger partial charge on any atom is 0.304 e. The number of carboxylic acid groups (broad SMARTS) is 1. The molecule has 6 rings (SSSR count). The van der Waals surface area contributed by atoms with Gasteiger partial charge in [-0.2, -0.15) is 0 Å². The number of rotatable bonds is 6. The van der Waals surface area contributed by atoms with Crippen molar-refractivity contribution in [2.24, 2.45) is 18.9 Å². The molecule has 3 aliphatic rings. The number of carbonyl (C=O) groups is 2. The molecule has 2 aromatic carbocycles. The summed E-state index contributed by atoms with van der Waals surface area (Å²) < 4.78 is 1.74. The first-order chi connectivity index (χ1) is 17.4. The fourth-order valence-electron chi connectivity index (χ4n) is 7.11. The second kappa shape index (κ2) is 9.02. The minimum Gasteiger partial charge on any atom is -0.481 e. The van der Waals surface area contributed by atoms with Crippen LogP contribution in [0.2, 0.25) is 0 Å². The number of fused-ring (bicyclic) bond motifs is 4. The van der Waals surface area contributed by atoms with E-state index in [9.17, 15) is 14.7 Å². The number of aryl methyl sites for hydroxylation is 2. The molecule has 1 aromatic heterocycles. The second-order valence-electron chi connectivity index (χ2n) is 11.1. The summed E-state index contributed by atoms with van der Waals surface area (Å²) in [6, 6.07) is 10.6. The van der Waals surface area contributed by atoms with Gasteiger partial charge in [0.25, 0.3) is 0 Å². The van der Waals surface area contributed by atoms with Crippen LogP contribution >= 0.6 is 0 Å². The normalized spacial score (nSPS) is 22.7. The Morgan fingerprint density at radius 1 is 1.14 bits per heavy atom. The SMILES string of the molecule is Cc1c(C(CC(=O)O)c2ccc3c(c2)C2C(CC(=O)N2CC2CCCCC2)C3)ccc2c1nnn2C. The van der Waals surface area contributed by atoms with Crippen LogP contribution in [0, 0.1) is 18.8 Å². The highest BCUT2D eigenvalue weighted by atomic mass is 16.4. The molecule has 3 aromatic rings. The van der Waals surface area contributed by atoms with Gasteiger partial charge in [0.2, 0.25) is 5.91 Å². The molecule has 3 unspecified atom stereocenters. The van der Waals surface area contributed by atoms with Crippen molar-refractivity contribution in [3.8, 4) is 0 Å². The van der Waals surface area contributed by atoms with Crippen molar-refractivity contribution >= 4 is 22.9 Å². The van der Waals surface area contributed by atoms with Crippen LogP contribution in [0.15, 0.2) is 30.3 Å². The van der Waals surface area contributed by atoms with Crippen molar-refractivity contribution in [1.82, 2.24) is 19.9 Å². The number of nitrogens with zero attached hydrogens (tertiary/aromatic N) is 4. The lowest BCUT2D eigenvalue weighted by molar-refractivity contribution is -0.137. The third-order valence-electron chi connectivity index (χ3n) is 8.93. The first-order valence-electron chi connectivity index (χ1n) is 13.3. The number of carboxylic acids is 1. The first kappa shape index (κ1) is 23.2. The summed E-state index contributed by atoms with van der Waals surface area (Å²) in [6.45, 7) is 2.87. The summed E-state index contributed by atoms with van der Waals surface area (Å²) in [6.07, 6.45) is 7.86. The standard InChI is InChI=1S/C29H34N4O3/c1-17-22(10-11-25-28(17)30-31-32(25)2)23(15-27(35)36)20-9-8-19-12-21-14-26(34)33(29(21)24(19)13-20)16-18-6-4-3-5-7-18/h8-11,13,18,21,23,29H,3-7,12,14-16H2,1-2H3,(H,35,36). The van der Waals surface area contributed by atoms with Crippen molar-refractivity contribution in [2.45, 2.75) is 70.3 Å². The van der Waals surface area contributed by atoms with Gasteiger partial charge in [0.15, 0.2) is 0 Å². The zero-order chi connectivity index (χ0) is 25.0. The lowest BCUT2D eigenvalue weighted by Gasteiger charge is -2.31. The van der Waals surface area contributed by atoms with Crippen LogP contribution in [0.4, 0.5) is 0 Å². The minimum atomic E-state index is -0.827. The van der Waals surface area contributed by atoms with Crippen LogP contribution in [0.1, 0.15) is 84.7 Å². The van der Waals surface area contributed by atoms with Crippen molar-refractivity contribution < 1.29 is 14.7 Å². The molecule has 3 atom stereocenters. The molecule has 1 saturated carbocycles. The lowest BCUT2D eigenvalue weighted by Crippen LogP contribution is -2.33. The maximum atomic E-state index is 13.1. The fraction of sp³-hybridized carbons (Fsp3) is 0.517. The van der Waals surface area contributed by atoms with Crippen molar-refractivity contribution in [1.29, 1.82) is 0 Å². The van der Waals surface area contributed by atoms with Gasteiger partial charge in [-0.05, 0) is 71.9 Å². The Labute approximate surface area is 211 Å². The highest BCUT2D eigenvalue weighted by Gasteiger charge is 2.46. The Hall–Kier alpha value is -3.22. The van der Waals surface area contributed by atoms with E-state index in [-0.39, 0.29) is 24.3 Å². The van der Waals surface area contributed by atoms with Gasteiger partial charge >= 0.3 is 5.97 Å². The highest BCUT2D eigenvalue weighted by molar-refractivity contribution is 5.81. The van der Waals surface area contributed by atoms with Crippen LogP contribution in [0.5, 0.6) is 0 Å². The van der Waals surface area contributed by atoms with E-state index in [0.717, 1.165) is 40.7 Å².